The van der Waals surface area contributed by atoms with Crippen molar-refractivity contribution in [2.45, 2.75) is 13.1 Å². The largest absolute Gasteiger partial charge is 0.398 e. The van der Waals surface area contributed by atoms with Gasteiger partial charge in [0.25, 0.3) is 0 Å². The Bertz CT molecular complexity index is 576. The number of para-hydroxylation sites is 2. The van der Waals surface area contributed by atoms with Crippen LogP contribution in [0.2, 0.25) is 0 Å². The van der Waals surface area contributed by atoms with Gasteiger partial charge in [-0.3, -0.25) is 9.98 Å². The SMILES string of the molecule is CC(N=Cc1ccccc1N)N=Cc1ccccc1N. The molecule has 4 heteroatoms. The highest BCUT2D eigenvalue weighted by Gasteiger charge is 1.97. The minimum atomic E-state index is -0.186. The van der Waals surface area contributed by atoms with Gasteiger partial charge in [0.1, 0.15) is 6.17 Å². The van der Waals surface area contributed by atoms with Crippen molar-refractivity contribution in [2.75, 3.05) is 11.5 Å². The summed E-state index contributed by atoms with van der Waals surface area (Å²) in [5, 5.41) is 0. The Morgan fingerprint density at radius 1 is 0.800 bits per heavy atom. The van der Waals surface area contributed by atoms with E-state index >= 15 is 0 Å². The van der Waals surface area contributed by atoms with Gasteiger partial charge < -0.3 is 11.5 Å². The van der Waals surface area contributed by atoms with Crippen LogP contribution in [0.3, 0.4) is 0 Å². The zero-order chi connectivity index (χ0) is 14.4. The van der Waals surface area contributed by atoms with E-state index in [1.165, 1.54) is 0 Å². The van der Waals surface area contributed by atoms with E-state index in [4.69, 9.17) is 11.5 Å². The summed E-state index contributed by atoms with van der Waals surface area (Å²) in [6.07, 6.45) is 3.30. The summed E-state index contributed by atoms with van der Waals surface area (Å²) >= 11 is 0. The minimum absolute atomic E-state index is 0.186. The number of nitrogen functional groups attached to an aromatic ring is 2. The Labute approximate surface area is 118 Å². The molecule has 0 aliphatic rings. The molecule has 0 atom stereocenters. The van der Waals surface area contributed by atoms with Crippen LogP contribution in [0, 0.1) is 0 Å². The first-order valence-corrected chi connectivity index (χ1v) is 6.42. The predicted molar refractivity (Wildman–Crippen MR) is 86.4 cm³/mol. The lowest BCUT2D eigenvalue weighted by molar-refractivity contribution is 0.803. The maximum atomic E-state index is 5.85. The molecule has 4 nitrogen and oxygen atoms in total. The summed E-state index contributed by atoms with van der Waals surface area (Å²) in [6.45, 7) is 1.91. The van der Waals surface area contributed by atoms with E-state index in [2.05, 4.69) is 9.98 Å². The number of rotatable bonds is 4. The Balaban J connectivity index is 2.04. The fourth-order valence-corrected chi connectivity index (χ4v) is 1.67. The van der Waals surface area contributed by atoms with Crippen LogP contribution in [0.15, 0.2) is 58.5 Å². The van der Waals surface area contributed by atoms with Crippen molar-refractivity contribution >= 4 is 23.8 Å². The Hall–Kier alpha value is -2.62. The molecule has 2 aromatic rings. The van der Waals surface area contributed by atoms with Gasteiger partial charge in [-0.25, -0.2) is 0 Å². The lowest BCUT2D eigenvalue weighted by Crippen LogP contribution is -1.99. The quantitative estimate of drug-likeness (QED) is 0.659. The molecule has 0 bridgehead atoms. The number of nitrogens with zero attached hydrogens (tertiary/aromatic N) is 2. The summed E-state index contributed by atoms with van der Waals surface area (Å²) in [4.78, 5) is 8.71. The molecule has 0 fully saturated rings. The second-order valence-corrected chi connectivity index (χ2v) is 4.45. The lowest BCUT2D eigenvalue weighted by Gasteiger charge is -2.02. The monoisotopic (exact) mass is 266 g/mol. The molecule has 20 heavy (non-hydrogen) atoms. The van der Waals surface area contributed by atoms with Gasteiger partial charge in [0.05, 0.1) is 0 Å². The molecule has 2 rings (SSSR count). The van der Waals surface area contributed by atoms with Gasteiger partial charge in [-0.1, -0.05) is 36.4 Å². The highest BCUT2D eigenvalue weighted by atomic mass is 15.0. The Morgan fingerprint density at radius 2 is 1.20 bits per heavy atom. The maximum Gasteiger partial charge on any atom is 0.136 e. The van der Waals surface area contributed by atoms with Gasteiger partial charge >= 0.3 is 0 Å². The summed E-state index contributed by atoms with van der Waals surface area (Å²) in [6, 6.07) is 15.2. The molecule has 0 aliphatic heterocycles. The second-order valence-electron chi connectivity index (χ2n) is 4.45. The van der Waals surface area contributed by atoms with Crippen LogP contribution >= 0.6 is 0 Å². The van der Waals surface area contributed by atoms with Crippen molar-refractivity contribution in [3.63, 3.8) is 0 Å². The molecule has 4 N–H and O–H groups in total. The summed E-state index contributed by atoms with van der Waals surface area (Å²) in [5.74, 6) is 0. The van der Waals surface area contributed by atoms with Crippen molar-refractivity contribution in [1.82, 2.24) is 0 Å². The van der Waals surface area contributed by atoms with Gasteiger partial charge in [0.15, 0.2) is 0 Å². The zero-order valence-electron chi connectivity index (χ0n) is 11.4. The Morgan fingerprint density at radius 3 is 1.60 bits per heavy atom. The third kappa shape index (κ3) is 3.68. The topological polar surface area (TPSA) is 76.8 Å². The third-order valence-electron chi connectivity index (χ3n) is 2.85. The summed E-state index contributed by atoms with van der Waals surface area (Å²) in [7, 11) is 0. The molecule has 102 valence electrons. The normalized spacial score (nSPS) is 13.1. The molecule has 0 heterocycles. The van der Waals surface area contributed by atoms with Gasteiger partial charge in [0.2, 0.25) is 0 Å². The average molecular weight is 266 g/mol. The molecule has 0 saturated heterocycles. The first-order valence-electron chi connectivity index (χ1n) is 6.42. The van der Waals surface area contributed by atoms with Crippen LogP contribution in [0.4, 0.5) is 11.4 Å². The fraction of sp³-hybridized carbons (Fsp3) is 0.125. The van der Waals surface area contributed by atoms with Gasteiger partial charge in [0, 0.05) is 34.9 Å². The van der Waals surface area contributed by atoms with Gasteiger partial charge in [-0.05, 0) is 19.1 Å². The van der Waals surface area contributed by atoms with E-state index < -0.39 is 0 Å². The standard InChI is InChI=1S/C16H18N4/c1-12(19-10-13-6-2-4-8-15(13)17)20-11-14-7-3-5-9-16(14)18/h2-12H,17-18H2,1H3. The summed E-state index contributed by atoms with van der Waals surface area (Å²) < 4.78 is 0. The number of anilines is 2. The van der Waals surface area contributed by atoms with Crippen LogP contribution in [-0.4, -0.2) is 18.6 Å². The van der Waals surface area contributed by atoms with Gasteiger partial charge in [-0.2, -0.15) is 0 Å². The maximum absolute atomic E-state index is 5.85. The second kappa shape index (κ2) is 6.52. The third-order valence-corrected chi connectivity index (χ3v) is 2.85. The molecule has 0 amide bonds. The molecule has 0 spiro atoms. The molecular weight excluding hydrogens is 248 g/mol. The number of nitrogens with two attached hydrogens (primary N) is 2. The van der Waals surface area contributed by atoms with Gasteiger partial charge in [-0.15, -0.1) is 0 Å². The molecule has 0 unspecified atom stereocenters. The average Bonchev–Trinajstić information content (AvgIpc) is 2.45. The van der Waals surface area contributed by atoms with Crippen LogP contribution in [0.5, 0.6) is 0 Å². The van der Waals surface area contributed by atoms with Crippen molar-refractivity contribution < 1.29 is 0 Å². The van der Waals surface area contributed by atoms with Crippen LogP contribution < -0.4 is 11.5 Å². The zero-order valence-corrected chi connectivity index (χ0v) is 11.4. The number of hydrogen-bond donors (Lipinski definition) is 2. The van der Waals surface area contributed by atoms with E-state index in [0.717, 1.165) is 11.1 Å². The van der Waals surface area contributed by atoms with Crippen molar-refractivity contribution in [2.24, 2.45) is 9.98 Å². The molecular formula is C16H18N4. The van der Waals surface area contributed by atoms with E-state index in [9.17, 15) is 0 Å². The lowest BCUT2D eigenvalue weighted by atomic mass is 10.2. The smallest absolute Gasteiger partial charge is 0.136 e. The molecule has 0 radical (unpaired) electrons. The Kier molecular flexibility index (Phi) is 4.50. The highest BCUT2D eigenvalue weighted by Crippen LogP contribution is 2.09. The van der Waals surface area contributed by atoms with Crippen molar-refractivity contribution in [3.05, 3.63) is 59.7 Å². The fourth-order valence-electron chi connectivity index (χ4n) is 1.67. The number of aliphatic imine (C=N–C) groups is 2. The highest BCUT2D eigenvalue weighted by molar-refractivity contribution is 5.88. The molecule has 0 saturated carbocycles. The van der Waals surface area contributed by atoms with Crippen LogP contribution in [0.25, 0.3) is 0 Å². The van der Waals surface area contributed by atoms with E-state index in [0.29, 0.717) is 11.4 Å². The summed E-state index contributed by atoms with van der Waals surface area (Å²) in [5.41, 5.74) is 14.9. The van der Waals surface area contributed by atoms with E-state index in [1.807, 2.05) is 55.5 Å². The van der Waals surface area contributed by atoms with E-state index in [-0.39, 0.29) is 6.17 Å². The first-order chi connectivity index (χ1) is 9.66. The molecule has 2 aromatic carbocycles. The van der Waals surface area contributed by atoms with Crippen molar-refractivity contribution in [1.29, 1.82) is 0 Å². The van der Waals surface area contributed by atoms with Crippen LogP contribution in [-0.2, 0) is 0 Å². The van der Waals surface area contributed by atoms with Crippen molar-refractivity contribution in [3.8, 4) is 0 Å². The molecule has 0 aliphatic carbocycles. The molecule has 0 aromatic heterocycles. The number of benzene rings is 2. The predicted octanol–water partition coefficient (Wildman–Crippen LogP) is 2.74. The van der Waals surface area contributed by atoms with E-state index in [1.54, 1.807) is 12.4 Å². The van der Waals surface area contributed by atoms with Crippen LogP contribution in [0.1, 0.15) is 18.1 Å². The number of hydrogen-bond acceptors (Lipinski definition) is 4. The minimum Gasteiger partial charge on any atom is -0.398 e. The first kappa shape index (κ1) is 13.8.